The molecule has 18 heavy (non-hydrogen) atoms. The van der Waals surface area contributed by atoms with Gasteiger partial charge in [-0.1, -0.05) is 0 Å². The fraction of sp³-hybridized carbons (Fsp3) is 0.417. The van der Waals surface area contributed by atoms with Crippen LogP contribution in [0.1, 0.15) is 15.9 Å². The summed E-state index contributed by atoms with van der Waals surface area (Å²) in [5.41, 5.74) is 0.770. The molecule has 0 aromatic heterocycles. The second kappa shape index (κ2) is 6.83. The molecule has 0 aliphatic carbocycles. The van der Waals surface area contributed by atoms with Crippen LogP contribution in [0.3, 0.4) is 0 Å². The number of hydrogen-bond donors (Lipinski definition) is 1. The topological polar surface area (TPSA) is 74.2 Å². The van der Waals surface area contributed by atoms with E-state index >= 15 is 0 Å². The lowest BCUT2D eigenvalue weighted by atomic mass is 10.1. The monoisotopic (exact) mass is 256 g/mol. The Morgan fingerprint density at radius 3 is 1.89 bits per heavy atom. The second-order valence-corrected chi connectivity index (χ2v) is 3.50. The lowest BCUT2D eigenvalue weighted by Crippen LogP contribution is -2.07. The minimum atomic E-state index is -1.06. The van der Waals surface area contributed by atoms with E-state index in [-0.39, 0.29) is 19.1 Å². The Kier molecular flexibility index (Phi) is 5.41. The molecule has 0 fully saturated rings. The Morgan fingerprint density at radius 2 is 1.56 bits per heavy atom. The molecule has 100 valence electrons. The number of carboxylic acid groups (broad SMARTS) is 1. The largest absolute Gasteiger partial charge is 0.478 e. The fourth-order valence-corrected chi connectivity index (χ4v) is 1.33. The molecule has 0 spiro atoms. The standard InChI is InChI=1S/C12H16O6/c1-8-10(17-6-15-2)4-9(12(13)14)5-11(8)18-7-16-3/h4-5H,6-7H2,1-3H3,(H,13,14). The minimum Gasteiger partial charge on any atom is -0.478 e. The lowest BCUT2D eigenvalue weighted by Gasteiger charge is -2.14. The van der Waals surface area contributed by atoms with Crippen LogP contribution < -0.4 is 9.47 Å². The van der Waals surface area contributed by atoms with Crippen molar-refractivity contribution in [3.05, 3.63) is 23.3 Å². The third-order valence-corrected chi connectivity index (χ3v) is 2.22. The number of aromatic carboxylic acids is 1. The van der Waals surface area contributed by atoms with E-state index in [9.17, 15) is 4.79 Å². The van der Waals surface area contributed by atoms with Gasteiger partial charge in [-0.05, 0) is 19.1 Å². The Bertz CT molecular complexity index is 386. The summed E-state index contributed by atoms with van der Waals surface area (Å²) in [6, 6.07) is 2.85. The molecular weight excluding hydrogens is 240 g/mol. The van der Waals surface area contributed by atoms with Gasteiger partial charge in [-0.15, -0.1) is 0 Å². The van der Waals surface area contributed by atoms with Crippen molar-refractivity contribution < 1.29 is 28.8 Å². The van der Waals surface area contributed by atoms with Crippen LogP contribution in [-0.4, -0.2) is 38.9 Å². The molecule has 1 aromatic carbocycles. The van der Waals surface area contributed by atoms with Gasteiger partial charge in [-0.3, -0.25) is 0 Å². The molecule has 0 saturated heterocycles. The third-order valence-electron chi connectivity index (χ3n) is 2.22. The molecule has 1 aromatic rings. The highest BCUT2D eigenvalue weighted by Gasteiger charge is 2.13. The van der Waals surface area contributed by atoms with Crippen molar-refractivity contribution in [1.29, 1.82) is 0 Å². The maximum atomic E-state index is 11.0. The second-order valence-electron chi connectivity index (χ2n) is 3.50. The number of benzene rings is 1. The number of carboxylic acids is 1. The van der Waals surface area contributed by atoms with Gasteiger partial charge >= 0.3 is 5.97 Å². The fourth-order valence-electron chi connectivity index (χ4n) is 1.33. The zero-order valence-electron chi connectivity index (χ0n) is 10.6. The molecule has 0 saturated carbocycles. The molecule has 0 aliphatic rings. The molecule has 0 radical (unpaired) electrons. The molecule has 0 amide bonds. The smallest absolute Gasteiger partial charge is 0.335 e. The van der Waals surface area contributed by atoms with Gasteiger partial charge < -0.3 is 24.1 Å². The quantitative estimate of drug-likeness (QED) is 0.748. The summed E-state index contributed by atoms with van der Waals surface area (Å²) in [5.74, 6) is -0.245. The first-order valence-electron chi connectivity index (χ1n) is 5.21. The molecule has 0 heterocycles. The van der Waals surface area contributed by atoms with E-state index in [0.717, 1.165) is 0 Å². The number of rotatable bonds is 7. The summed E-state index contributed by atoms with van der Waals surface area (Å²) in [6.07, 6.45) is 0. The van der Waals surface area contributed by atoms with Crippen molar-refractivity contribution in [2.45, 2.75) is 6.92 Å². The maximum Gasteiger partial charge on any atom is 0.335 e. The average Bonchev–Trinajstić information content (AvgIpc) is 2.35. The zero-order valence-corrected chi connectivity index (χ0v) is 10.6. The molecule has 0 atom stereocenters. The Labute approximate surface area is 105 Å². The normalized spacial score (nSPS) is 10.2. The van der Waals surface area contributed by atoms with Crippen molar-refractivity contribution in [1.82, 2.24) is 0 Å². The molecule has 0 unspecified atom stereocenters. The van der Waals surface area contributed by atoms with Gasteiger partial charge in [0.25, 0.3) is 0 Å². The van der Waals surface area contributed by atoms with Crippen molar-refractivity contribution in [2.75, 3.05) is 27.8 Å². The number of ether oxygens (including phenoxy) is 4. The van der Waals surface area contributed by atoms with E-state index in [1.165, 1.54) is 26.4 Å². The molecule has 1 rings (SSSR count). The Hall–Kier alpha value is -1.79. The molecule has 0 bridgehead atoms. The van der Waals surface area contributed by atoms with Gasteiger partial charge in [0.1, 0.15) is 11.5 Å². The highest BCUT2D eigenvalue weighted by atomic mass is 16.7. The van der Waals surface area contributed by atoms with E-state index < -0.39 is 5.97 Å². The summed E-state index contributed by atoms with van der Waals surface area (Å²) < 4.78 is 20.2. The highest BCUT2D eigenvalue weighted by molar-refractivity contribution is 5.89. The van der Waals surface area contributed by atoms with Gasteiger partial charge in [0.2, 0.25) is 0 Å². The van der Waals surface area contributed by atoms with Crippen LogP contribution in [0.5, 0.6) is 11.5 Å². The average molecular weight is 256 g/mol. The number of methoxy groups -OCH3 is 2. The van der Waals surface area contributed by atoms with Crippen LogP contribution in [0.15, 0.2) is 12.1 Å². The maximum absolute atomic E-state index is 11.0. The van der Waals surface area contributed by atoms with E-state index in [2.05, 4.69) is 0 Å². The van der Waals surface area contributed by atoms with Crippen molar-refractivity contribution in [3.63, 3.8) is 0 Å². The van der Waals surface area contributed by atoms with Crippen LogP contribution in [0, 0.1) is 6.92 Å². The van der Waals surface area contributed by atoms with Crippen LogP contribution in [0.4, 0.5) is 0 Å². The van der Waals surface area contributed by atoms with Crippen LogP contribution in [0.25, 0.3) is 0 Å². The molecule has 1 N–H and O–H groups in total. The third kappa shape index (κ3) is 3.61. The van der Waals surface area contributed by atoms with Crippen LogP contribution >= 0.6 is 0 Å². The van der Waals surface area contributed by atoms with Gasteiger partial charge in [-0.25, -0.2) is 4.79 Å². The predicted octanol–water partition coefficient (Wildman–Crippen LogP) is 1.66. The SMILES string of the molecule is COCOc1cc(C(=O)O)cc(OCOC)c1C. The Morgan fingerprint density at radius 1 is 1.11 bits per heavy atom. The van der Waals surface area contributed by atoms with E-state index in [1.807, 2.05) is 0 Å². The summed E-state index contributed by atoms with van der Waals surface area (Å²) >= 11 is 0. The van der Waals surface area contributed by atoms with Crippen molar-refractivity contribution in [2.24, 2.45) is 0 Å². The van der Waals surface area contributed by atoms with Crippen LogP contribution in [0.2, 0.25) is 0 Å². The summed E-state index contributed by atoms with van der Waals surface area (Å²) in [7, 11) is 2.97. The minimum absolute atomic E-state index is 0.0353. The predicted molar refractivity (Wildman–Crippen MR) is 63.1 cm³/mol. The summed E-state index contributed by atoms with van der Waals surface area (Å²) in [4.78, 5) is 11.0. The zero-order chi connectivity index (χ0) is 13.5. The summed E-state index contributed by atoms with van der Waals surface area (Å²) in [6.45, 7) is 1.84. The van der Waals surface area contributed by atoms with Crippen molar-refractivity contribution in [3.8, 4) is 11.5 Å². The Balaban J connectivity index is 3.07. The molecule has 0 aliphatic heterocycles. The number of carbonyl (C=O) groups is 1. The van der Waals surface area contributed by atoms with E-state index in [0.29, 0.717) is 17.1 Å². The van der Waals surface area contributed by atoms with Gasteiger partial charge in [-0.2, -0.15) is 0 Å². The molecule has 6 heteroatoms. The first-order valence-corrected chi connectivity index (χ1v) is 5.21. The summed E-state index contributed by atoms with van der Waals surface area (Å²) in [5, 5.41) is 9.00. The molecular formula is C12H16O6. The van der Waals surface area contributed by atoms with E-state index in [1.54, 1.807) is 6.92 Å². The highest BCUT2D eigenvalue weighted by Crippen LogP contribution is 2.30. The van der Waals surface area contributed by atoms with Crippen molar-refractivity contribution >= 4 is 5.97 Å². The first-order chi connectivity index (χ1) is 8.60. The van der Waals surface area contributed by atoms with Gasteiger partial charge in [0, 0.05) is 19.8 Å². The first kappa shape index (κ1) is 14.3. The van der Waals surface area contributed by atoms with Gasteiger partial charge in [0.05, 0.1) is 5.56 Å². The lowest BCUT2D eigenvalue weighted by molar-refractivity contribution is 0.0445. The van der Waals surface area contributed by atoms with E-state index in [4.69, 9.17) is 24.1 Å². The van der Waals surface area contributed by atoms with Gasteiger partial charge in [0.15, 0.2) is 13.6 Å². The van der Waals surface area contributed by atoms with Crippen LogP contribution in [-0.2, 0) is 9.47 Å². The molecule has 6 nitrogen and oxygen atoms in total. The number of hydrogen-bond acceptors (Lipinski definition) is 5.